The van der Waals surface area contributed by atoms with E-state index in [1.807, 2.05) is 25.7 Å². The molecule has 0 spiro atoms. The summed E-state index contributed by atoms with van der Waals surface area (Å²) in [5.74, 6) is -0.437. The fourth-order valence-corrected chi connectivity index (χ4v) is 2.50. The lowest BCUT2D eigenvalue weighted by atomic mass is 10.0. The van der Waals surface area contributed by atoms with Crippen molar-refractivity contribution in [2.24, 2.45) is 0 Å². The van der Waals surface area contributed by atoms with E-state index in [4.69, 9.17) is 0 Å². The summed E-state index contributed by atoms with van der Waals surface area (Å²) in [6.07, 6.45) is 0. The van der Waals surface area contributed by atoms with Crippen molar-refractivity contribution in [1.29, 1.82) is 0 Å². The molecule has 0 radical (unpaired) electrons. The summed E-state index contributed by atoms with van der Waals surface area (Å²) in [5.41, 5.74) is 1.29. The molecule has 0 saturated carbocycles. The molecular weight excluding hydrogens is 231 g/mol. The first-order chi connectivity index (χ1) is 8.50. The molecule has 0 bridgehead atoms. The van der Waals surface area contributed by atoms with Crippen LogP contribution in [0.1, 0.15) is 29.8 Å². The number of hydrogen-bond acceptors (Lipinski definition) is 2. The number of rotatable bonds is 1. The van der Waals surface area contributed by atoms with Crippen LogP contribution < -0.4 is 5.32 Å². The third-order valence-corrected chi connectivity index (χ3v) is 3.49. The minimum Gasteiger partial charge on any atom is -0.331 e. The number of carbonyl (C=O) groups excluding carboxylic acids is 1. The summed E-state index contributed by atoms with van der Waals surface area (Å²) in [6, 6.07) is 4.63. The summed E-state index contributed by atoms with van der Waals surface area (Å²) in [6.45, 7) is 7.42. The first-order valence-corrected chi connectivity index (χ1v) is 6.30. The van der Waals surface area contributed by atoms with Gasteiger partial charge < -0.3 is 10.2 Å². The first kappa shape index (κ1) is 13.0. The quantitative estimate of drug-likeness (QED) is 0.826. The molecule has 1 fully saturated rings. The van der Waals surface area contributed by atoms with Gasteiger partial charge in [-0.3, -0.25) is 4.79 Å². The van der Waals surface area contributed by atoms with Gasteiger partial charge in [0, 0.05) is 30.7 Å². The van der Waals surface area contributed by atoms with E-state index in [0.717, 1.165) is 18.7 Å². The monoisotopic (exact) mass is 250 g/mol. The van der Waals surface area contributed by atoms with Gasteiger partial charge in [-0.2, -0.15) is 0 Å². The maximum absolute atomic E-state index is 13.3. The lowest BCUT2D eigenvalue weighted by molar-refractivity contribution is 0.0543. The maximum atomic E-state index is 13.3. The molecule has 0 aliphatic carbocycles. The Morgan fingerprint density at radius 3 is 2.56 bits per heavy atom. The Morgan fingerprint density at radius 1 is 1.33 bits per heavy atom. The standard InChI is InChI=1S/C14H19FN2O/c1-9-4-5-12(15)6-13(9)14(18)17-10(2)7-16-8-11(17)3/h4-6,10-11,16H,7-8H2,1-3H3. The molecule has 2 atom stereocenters. The largest absolute Gasteiger partial charge is 0.331 e. The second kappa shape index (κ2) is 5.06. The average Bonchev–Trinajstić information content (AvgIpc) is 2.32. The average molecular weight is 250 g/mol. The Bertz CT molecular complexity index is 451. The minimum atomic E-state index is -0.362. The van der Waals surface area contributed by atoms with Crippen LogP contribution in [0, 0.1) is 12.7 Å². The first-order valence-electron chi connectivity index (χ1n) is 6.30. The number of amides is 1. The highest BCUT2D eigenvalue weighted by Gasteiger charge is 2.30. The number of hydrogen-bond donors (Lipinski definition) is 1. The number of carbonyl (C=O) groups is 1. The molecule has 3 nitrogen and oxygen atoms in total. The van der Waals surface area contributed by atoms with Gasteiger partial charge in [0.1, 0.15) is 5.82 Å². The minimum absolute atomic E-state index is 0.0755. The molecule has 1 saturated heterocycles. The van der Waals surface area contributed by atoms with Gasteiger partial charge in [-0.15, -0.1) is 0 Å². The van der Waals surface area contributed by atoms with Crippen molar-refractivity contribution < 1.29 is 9.18 Å². The van der Waals surface area contributed by atoms with E-state index in [-0.39, 0.29) is 23.8 Å². The number of aryl methyl sites for hydroxylation is 1. The molecule has 4 heteroatoms. The van der Waals surface area contributed by atoms with Crippen LogP contribution in [0.5, 0.6) is 0 Å². The van der Waals surface area contributed by atoms with Crippen molar-refractivity contribution in [3.63, 3.8) is 0 Å². The van der Waals surface area contributed by atoms with Gasteiger partial charge in [-0.25, -0.2) is 4.39 Å². The molecule has 2 rings (SSSR count). The molecule has 1 amide bonds. The van der Waals surface area contributed by atoms with Crippen LogP contribution in [0.2, 0.25) is 0 Å². The van der Waals surface area contributed by atoms with Gasteiger partial charge in [-0.05, 0) is 38.5 Å². The Labute approximate surface area is 107 Å². The summed E-state index contributed by atoms with van der Waals surface area (Å²) in [4.78, 5) is 14.4. The highest BCUT2D eigenvalue weighted by molar-refractivity contribution is 5.96. The number of nitrogens with one attached hydrogen (secondary N) is 1. The predicted molar refractivity (Wildman–Crippen MR) is 69.1 cm³/mol. The molecule has 1 aromatic carbocycles. The second-order valence-electron chi connectivity index (χ2n) is 5.03. The van der Waals surface area contributed by atoms with E-state index in [1.165, 1.54) is 12.1 Å². The molecule has 1 N–H and O–H groups in total. The number of piperazine rings is 1. The highest BCUT2D eigenvalue weighted by atomic mass is 19.1. The maximum Gasteiger partial charge on any atom is 0.254 e. The van der Waals surface area contributed by atoms with Gasteiger partial charge in [0.2, 0.25) is 0 Å². The van der Waals surface area contributed by atoms with Crippen molar-refractivity contribution in [2.45, 2.75) is 32.9 Å². The SMILES string of the molecule is Cc1ccc(F)cc1C(=O)N1C(C)CNCC1C. The van der Waals surface area contributed by atoms with Crippen LogP contribution in [0.15, 0.2) is 18.2 Å². The zero-order valence-corrected chi connectivity index (χ0v) is 11.0. The van der Waals surface area contributed by atoms with Gasteiger partial charge in [0.15, 0.2) is 0 Å². The molecule has 1 aromatic rings. The Hall–Kier alpha value is -1.42. The van der Waals surface area contributed by atoms with Gasteiger partial charge in [-0.1, -0.05) is 6.07 Å². The lowest BCUT2D eigenvalue weighted by Crippen LogP contribution is -2.57. The zero-order chi connectivity index (χ0) is 13.3. The summed E-state index contributed by atoms with van der Waals surface area (Å²) >= 11 is 0. The van der Waals surface area contributed by atoms with Crippen LogP contribution in [0.3, 0.4) is 0 Å². The Kier molecular flexibility index (Phi) is 3.66. The molecule has 1 aliphatic heterocycles. The van der Waals surface area contributed by atoms with Crippen molar-refractivity contribution in [3.8, 4) is 0 Å². The van der Waals surface area contributed by atoms with E-state index in [9.17, 15) is 9.18 Å². The van der Waals surface area contributed by atoms with E-state index in [2.05, 4.69) is 5.32 Å². The lowest BCUT2D eigenvalue weighted by Gasteiger charge is -2.39. The number of halogens is 1. The molecule has 98 valence electrons. The van der Waals surface area contributed by atoms with E-state index in [0.29, 0.717) is 5.56 Å². The van der Waals surface area contributed by atoms with Crippen molar-refractivity contribution >= 4 is 5.91 Å². The third kappa shape index (κ3) is 2.38. The van der Waals surface area contributed by atoms with E-state index < -0.39 is 0 Å². The Morgan fingerprint density at radius 2 is 1.94 bits per heavy atom. The topological polar surface area (TPSA) is 32.3 Å². The molecular formula is C14H19FN2O. The summed E-state index contributed by atoms with van der Waals surface area (Å²) < 4.78 is 13.3. The highest BCUT2D eigenvalue weighted by Crippen LogP contribution is 2.18. The smallest absolute Gasteiger partial charge is 0.254 e. The van der Waals surface area contributed by atoms with Gasteiger partial charge in [0.05, 0.1) is 0 Å². The molecule has 1 heterocycles. The third-order valence-electron chi connectivity index (χ3n) is 3.49. The normalized spacial score (nSPS) is 24.1. The Balaban J connectivity index is 2.32. The van der Waals surface area contributed by atoms with Gasteiger partial charge >= 0.3 is 0 Å². The van der Waals surface area contributed by atoms with Crippen LogP contribution >= 0.6 is 0 Å². The van der Waals surface area contributed by atoms with Crippen LogP contribution in [-0.4, -0.2) is 36.0 Å². The van der Waals surface area contributed by atoms with E-state index >= 15 is 0 Å². The fraction of sp³-hybridized carbons (Fsp3) is 0.500. The summed E-state index contributed by atoms with van der Waals surface area (Å²) in [5, 5.41) is 3.28. The predicted octanol–water partition coefficient (Wildman–Crippen LogP) is 1.96. The van der Waals surface area contributed by atoms with Crippen molar-refractivity contribution in [3.05, 3.63) is 35.1 Å². The second-order valence-corrected chi connectivity index (χ2v) is 5.03. The van der Waals surface area contributed by atoms with Crippen molar-refractivity contribution in [1.82, 2.24) is 10.2 Å². The molecule has 0 aromatic heterocycles. The zero-order valence-electron chi connectivity index (χ0n) is 11.0. The van der Waals surface area contributed by atoms with Crippen LogP contribution in [0.25, 0.3) is 0 Å². The number of nitrogens with zero attached hydrogens (tertiary/aromatic N) is 1. The van der Waals surface area contributed by atoms with Crippen molar-refractivity contribution in [2.75, 3.05) is 13.1 Å². The number of benzene rings is 1. The van der Waals surface area contributed by atoms with E-state index in [1.54, 1.807) is 6.07 Å². The van der Waals surface area contributed by atoms with Crippen LogP contribution in [0.4, 0.5) is 4.39 Å². The summed E-state index contributed by atoms with van der Waals surface area (Å²) in [7, 11) is 0. The molecule has 2 unspecified atom stereocenters. The molecule has 1 aliphatic rings. The molecule has 18 heavy (non-hydrogen) atoms. The fourth-order valence-electron chi connectivity index (χ4n) is 2.50. The van der Waals surface area contributed by atoms with Gasteiger partial charge in [0.25, 0.3) is 5.91 Å². The van der Waals surface area contributed by atoms with Crippen LogP contribution in [-0.2, 0) is 0 Å².